The molecule has 2 rings (SSSR count). The fraction of sp³-hybridized carbons (Fsp3) is 0.526. The third-order valence-electron chi connectivity index (χ3n) is 4.15. The summed E-state index contributed by atoms with van der Waals surface area (Å²) in [5, 5.41) is 0.591. The quantitative estimate of drug-likeness (QED) is 0.547. The highest BCUT2D eigenvalue weighted by atomic mass is 16.5. The van der Waals surface area contributed by atoms with Crippen LogP contribution in [0.4, 0.5) is 0 Å². The number of aromatic nitrogens is 2. The molecule has 1 aromatic heterocycles. The lowest BCUT2D eigenvalue weighted by Crippen LogP contribution is -2.29. The molecule has 0 amide bonds. The second-order valence-corrected chi connectivity index (χ2v) is 5.98. The Hall–Kier alpha value is -2.17. The van der Waals surface area contributed by atoms with Gasteiger partial charge >= 0.3 is 5.97 Å². The van der Waals surface area contributed by atoms with Crippen molar-refractivity contribution in [3.05, 3.63) is 40.4 Å². The summed E-state index contributed by atoms with van der Waals surface area (Å²) in [6.45, 7) is 6.57. The molecule has 0 aliphatic heterocycles. The summed E-state index contributed by atoms with van der Waals surface area (Å²) in [5.41, 5.74) is 0.543. The van der Waals surface area contributed by atoms with Crippen molar-refractivity contribution < 1.29 is 9.53 Å². The lowest BCUT2D eigenvalue weighted by atomic mass is 10.1. The molecule has 0 saturated carbocycles. The van der Waals surface area contributed by atoms with Crippen molar-refractivity contribution in [2.75, 3.05) is 6.61 Å². The van der Waals surface area contributed by atoms with Gasteiger partial charge in [-0.15, -0.1) is 0 Å². The molecule has 0 aliphatic rings. The number of carbonyl (C=O) groups is 1. The Balaban J connectivity index is 2.45. The third kappa shape index (κ3) is 4.02. The highest BCUT2D eigenvalue weighted by Gasteiger charge is 2.23. The first-order valence-corrected chi connectivity index (χ1v) is 8.76. The molecule has 1 heterocycles. The molecule has 1 atom stereocenters. The standard InChI is InChI=1S/C19H26N2O3/c1-4-6-7-10-13-21-17(14(3)19(23)24-5-2)20-16-12-9-8-11-15(16)18(21)22/h8-9,11-12,14H,4-7,10,13H2,1-3H3. The normalized spacial score (nSPS) is 12.3. The molecule has 5 heteroatoms. The van der Waals surface area contributed by atoms with Crippen molar-refractivity contribution in [3.63, 3.8) is 0 Å². The van der Waals surface area contributed by atoms with Gasteiger partial charge in [-0.05, 0) is 32.4 Å². The number of nitrogens with zero attached hydrogens (tertiary/aromatic N) is 2. The fourth-order valence-corrected chi connectivity index (χ4v) is 2.80. The highest BCUT2D eigenvalue weighted by Crippen LogP contribution is 2.18. The van der Waals surface area contributed by atoms with E-state index in [9.17, 15) is 9.59 Å². The SMILES string of the molecule is CCCCCCn1c(C(C)C(=O)OCC)nc2ccccc2c1=O. The van der Waals surface area contributed by atoms with Crippen LogP contribution in [0.5, 0.6) is 0 Å². The van der Waals surface area contributed by atoms with Gasteiger partial charge in [0, 0.05) is 6.54 Å². The van der Waals surface area contributed by atoms with E-state index in [2.05, 4.69) is 11.9 Å². The predicted molar refractivity (Wildman–Crippen MR) is 95.2 cm³/mol. The number of esters is 1. The zero-order chi connectivity index (χ0) is 17.5. The van der Waals surface area contributed by atoms with E-state index in [4.69, 9.17) is 4.74 Å². The topological polar surface area (TPSA) is 61.2 Å². The lowest BCUT2D eigenvalue weighted by Gasteiger charge is -2.17. The minimum atomic E-state index is -0.562. The average molecular weight is 330 g/mol. The summed E-state index contributed by atoms with van der Waals surface area (Å²) in [5.74, 6) is -0.413. The molecule has 0 spiro atoms. The van der Waals surface area contributed by atoms with Crippen molar-refractivity contribution in [1.29, 1.82) is 0 Å². The molecule has 1 aromatic carbocycles. The number of unbranched alkanes of at least 4 members (excludes halogenated alkanes) is 3. The van der Waals surface area contributed by atoms with Crippen LogP contribution in [0.3, 0.4) is 0 Å². The molecule has 0 saturated heterocycles. The van der Waals surface area contributed by atoms with Gasteiger partial charge in [-0.2, -0.15) is 0 Å². The van der Waals surface area contributed by atoms with Gasteiger partial charge in [0.25, 0.3) is 5.56 Å². The van der Waals surface area contributed by atoms with Gasteiger partial charge in [0.1, 0.15) is 11.7 Å². The first-order chi connectivity index (χ1) is 11.6. The van der Waals surface area contributed by atoms with Crippen LogP contribution in [0.15, 0.2) is 29.1 Å². The third-order valence-corrected chi connectivity index (χ3v) is 4.15. The molecule has 0 aliphatic carbocycles. The summed E-state index contributed by atoms with van der Waals surface area (Å²) < 4.78 is 6.77. The Morgan fingerprint density at radius 3 is 2.67 bits per heavy atom. The Morgan fingerprint density at radius 2 is 1.96 bits per heavy atom. The van der Waals surface area contributed by atoms with Crippen LogP contribution in [0.2, 0.25) is 0 Å². The summed E-state index contributed by atoms with van der Waals surface area (Å²) in [6.07, 6.45) is 4.23. The van der Waals surface area contributed by atoms with E-state index < -0.39 is 5.92 Å². The zero-order valence-corrected chi connectivity index (χ0v) is 14.7. The van der Waals surface area contributed by atoms with E-state index in [1.807, 2.05) is 12.1 Å². The molecule has 0 bridgehead atoms. The molecular formula is C19H26N2O3. The van der Waals surface area contributed by atoms with Gasteiger partial charge in [-0.25, -0.2) is 4.98 Å². The van der Waals surface area contributed by atoms with Gasteiger partial charge in [0.05, 0.1) is 17.5 Å². The van der Waals surface area contributed by atoms with Crippen LogP contribution in [-0.4, -0.2) is 22.1 Å². The number of rotatable bonds is 8. The van der Waals surface area contributed by atoms with Crippen LogP contribution in [0.25, 0.3) is 10.9 Å². The van der Waals surface area contributed by atoms with Crippen LogP contribution in [0, 0.1) is 0 Å². The highest BCUT2D eigenvalue weighted by molar-refractivity contribution is 5.80. The number of hydrogen-bond donors (Lipinski definition) is 0. The van der Waals surface area contributed by atoms with Gasteiger partial charge in [-0.1, -0.05) is 38.3 Å². The molecule has 5 nitrogen and oxygen atoms in total. The van der Waals surface area contributed by atoms with E-state index >= 15 is 0 Å². The van der Waals surface area contributed by atoms with Crippen LogP contribution in [-0.2, 0) is 16.1 Å². The minimum Gasteiger partial charge on any atom is -0.465 e. The predicted octanol–water partition coefficient (Wildman–Crippen LogP) is 3.64. The Labute approximate surface area is 142 Å². The first-order valence-electron chi connectivity index (χ1n) is 8.76. The van der Waals surface area contributed by atoms with E-state index in [0.29, 0.717) is 29.9 Å². The van der Waals surface area contributed by atoms with Crippen molar-refractivity contribution >= 4 is 16.9 Å². The Morgan fingerprint density at radius 1 is 1.21 bits per heavy atom. The number of ether oxygens (including phenoxy) is 1. The largest absolute Gasteiger partial charge is 0.465 e. The molecule has 130 valence electrons. The monoisotopic (exact) mass is 330 g/mol. The molecule has 0 radical (unpaired) electrons. The molecular weight excluding hydrogens is 304 g/mol. The molecule has 0 N–H and O–H groups in total. The Bertz CT molecular complexity index is 752. The first kappa shape index (κ1) is 18.2. The minimum absolute atomic E-state index is 0.0803. The second-order valence-electron chi connectivity index (χ2n) is 5.98. The number of carbonyl (C=O) groups excluding carboxylic acids is 1. The maximum absolute atomic E-state index is 12.9. The van der Waals surface area contributed by atoms with E-state index in [0.717, 1.165) is 25.7 Å². The summed E-state index contributed by atoms with van der Waals surface area (Å²) >= 11 is 0. The van der Waals surface area contributed by atoms with Gasteiger partial charge in [0.2, 0.25) is 0 Å². The van der Waals surface area contributed by atoms with Crippen LogP contribution >= 0.6 is 0 Å². The Kier molecular flexibility index (Phi) is 6.53. The summed E-state index contributed by atoms with van der Waals surface area (Å²) in [4.78, 5) is 29.6. The van der Waals surface area contributed by atoms with Crippen molar-refractivity contribution in [2.45, 2.75) is 58.9 Å². The maximum atomic E-state index is 12.9. The van der Waals surface area contributed by atoms with Crippen LogP contribution < -0.4 is 5.56 Å². The van der Waals surface area contributed by atoms with E-state index in [1.165, 1.54) is 0 Å². The van der Waals surface area contributed by atoms with E-state index in [1.54, 1.807) is 30.5 Å². The number of fused-ring (bicyclic) bond motifs is 1. The van der Waals surface area contributed by atoms with E-state index in [-0.39, 0.29) is 11.5 Å². The molecule has 1 unspecified atom stereocenters. The van der Waals surface area contributed by atoms with Crippen molar-refractivity contribution in [1.82, 2.24) is 9.55 Å². The maximum Gasteiger partial charge on any atom is 0.316 e. The van der Waals surface area contributed by atoms with Gasteiger partial charge < -0.3 is 4.74 Å². The number of para-hydroxylation sites is 1. The van der Waals surface area contributed by atoms with Gasteiger partial charge in [0.15, 0.2) is 0 Å². The smallest absolute Gasteiger partial charge is 0.316 e. The van der Waals surface area contributed by atoms with Crippen molar-refractivity contribution in [2.24, 2.45) is 0 Å². The second kappa shape index (κ2) is 8.62. The van der Waals surface area contributed by atoms with Crippen LogP contribution in [0.1, 0.15) is 58.2 Å². The summed E-state index contributed by atoms with van der Waals surface area (Å²) in [6, 6.07) is 7.27. The average Bonchev–Trinajstić information content (AvgIpc) is 2.59. The lowest BCUT2D eigenvalue weighted by molar-refractivity contribution is -0.144. The summed E-state index contributed by atoms with van der Waals surface area (Å²) in [7, 11) is 0. The van der Waals surface area contributed by atoms with Gasteiger partial charge in [-0.3, -0.25) is 14.2 Å². The fourth-order valence-electron chi connectivity index (χ4n) is 2.80. The zero-order valence-electron chi connectivity index (χ0n) is 14.7. The van der Waals surface area contributed by atoms with Crippen molar-refractivity contribution in [3.8, 4) is 0 Å². The molecule has 2 aromatic rings. The molecule has 0 fully saturated rings. The number of hydrogen-bond acceptors (Lipinski definition) is 4. The molecule has 24 heavy (non-hydrogen) atoms. The number of benzene rings is 1.